The molecular formula is C19H20N2O3. The lowest BCUT2D eigenvalue weighted by molar-refractivity contribution is -0.384. The molecule has 0 aliphatic rings. The van der Waals surface area contributed by atoms with Crippen LogP contribution in [0.1, 0.15) is 35.2 Å². The number of nitrogens with one attached hydrogen (secondary N) is 1. The van der Waals surface area contributed by atoms with E-state index in [1.165, 1.54) is 29.3 Å². The van der Waals surface area contributed by atoms with Crippen molar-refractivity contribution in [3.8, 4) is 0 Å². The molecule has 0 spiro atoms. The van der Waals surface area contributed by atoms with Gasteiger partial charge in [0.15, 0.2) is 0 Å². The fourth-order valence-corrected chi connectivity index (χ4v) is 2.26. The zero-order chi connectivity index (χ0) is 17.7. The summed E-state index contributed by atoms with van der Waals surface area (Å²) in [6, 6.07) is 12.1. The number of amides is 1. The molecule has 0 aromatic heterocycles. The van der Waals surface area contributed by atoms with Crippen molar-refractivity contribution in [3.63, 3.8) is 0 Å². The van der Waals surface area contributed by atoms with Crippen LogP contribution < -0.4 is 5.32 Å². The summed E-state index contributed by atoms with van der Waals surface area (Å²) < 4.78 is 0. The van der Waals surface area contributed by atoms with Crippen molar-refractivity contribution in [2.75, 3.05) is 0 Å². The summed E-state index contributed by atoms with van der Waals surface area (Å²) in [5.74, 6) is -0.209. The number of hydrogen-bond acceptors (Lipinski definition) is 3. The SMILES string of the molecule is Cc1ccc([C@@H](C)NC(=O)/C=C/c2ccc([N+](=O)[O-])cc2)cc1C. The molecule has 0 heterocycles. The van der Waals surface area contributed by atoms with Crippen LogP contribution in [-0.4, -0.2) is 10.8 Å². The van der Waals surface area contributed by atoms with E-state index < -0.39 is 4.92 Å². The average Bonchev–Trinajstić information content (AvgIpc) is 2.55. The van der Waals surface area contributed by atoms with Gasteiger partial charge in [-0.25, -0.2) is 0 Å². The molecule has 24 heavy (non-hydrogen) atoms. The molecule has 5 heteroatoms. The monoisotopic (exact) mass is 324 g/mol. The number of carbonyl (C=O) groups is 1. The number of rotatable bonds is 5. The molecule has 0 saturated heterocycles. The first-order chi connectivity index (χ1) is 11.4. The number of carbonyl (C=O) groups excluding carboxylic acids is 1. The van der Waals surface area contributed by atoms with Gasteiger partial charge in [-0.05, 0) is 61.2 Å². The Kier molecular flexibility index (Phi) is 5.47. The van der Waals surface area contributed by atoms with Crippen molar-refractivity contribution >= 4 is 17.7 Å². The number of benzene rings is 2. The van der Waals surface area contributed by atoms with Gasteiger partial charge in [0, 0.05) is 18.2 Å². The van der Waals surface area contributed by atoms with Crippen LogP contribution in [0.5, 0.6) is 0 Å². The minimum absolute atomic E-state index is 0.0277. The highest BCUT2D eigenvalue weighted by Gasteiger charge is 2.08. The molecule has 0 aliphatic carbocycles. The van der Waals surface area contributed by atoms with Crippen molar-refractivity contribution in [2.45, 2.75) is 26.8 Å². The van der Waals surface area contributed by atoms with Crippen LogP contribution in [0.2, 0.25) is 0 Å². The Morgan fingerprint density at radius 3 is 2.38 bits per heavy atom. The normalized spacial score (nSPS) is 12.1. The van der Waals surface area contributed by atoms with Crippen molar-refractivity contribution in [3.05, 3.63) is 80.9 Å². The van der Waals surface area contributed by atoms with E-state index in [4.69, 9.17) is 0 Å². The molecule has 0 fully saturated rings. The predicted octanol–water partition coefficient (Wildman–Crippen LogP) is 4.10. The van der Waals surface area contributed by atoms with Gasteiger partial charge in [-0.1, -0.05) is 18.2 Å². The molecule has 0 saturated carbocycles. The molecular weight excluding hydrogens is 304 g/mol. The molecule has 1 N–H and O–H groups in total. The smallest absolute Gasteiger partial charge is 0.269 e. The fraction of sp³-hybridized carbons (Fsp3) is 0.211. The van der Waals surface area contributed by atoms with Crippen molar-refractivity contribution in [2.24, 2.45) is 0 Å². The second-order valence-electron chi connectivity index (χ2n) is 5.76. The quantitative estimate of drug-likeness (QED) is 0.511. The Morgan fingerprint density at radius 1 is 1.12 bits per heavy atom. The van der Waals surface area contributed by atoms with E-state index in [-0.39, 0.29) is 17.6 Å². The second kappa shape index (κ2) is 7.55. The van der Waals surface area contributed by atoms with Gasteiger partial charge in [0.2, 0.25) is 5.91 Å². The van der Waals surface area contributed by atoms with Gasteiger partial charge in [-0.2, -0.15) is 0 Å². The Balaban J connectivity index is 1.98. The standard InChI is InChI=1S/C19H20N2O3/c1-13-4-8-17(12-14(13)2)15(3)20-19(22)11-7-16-5-9-18(10-6-16)21(23)24/h4-12,15H,1-3H3,(H,20,22)/b11-7+/t15-/m1/s1. The highest BCUT2D eigenvalue weighted by molar-refractivity contribution is 5.92. The van der Waals surface area contributed by atoms with Crippen LogP contribution in [0.25, 0.3) is 6.08 Å². The van der Waals surface area contributed by atoms with E-state index in [0.717, 1.165) is 11.1 Å². The van der Waals surface area contributed by atoms with E-state index in [1.807, 2.05) is 26.0 Å². The number of nitrogens with zero attached hydrogens (tertiary/aromatic N) is 1. The van der Waals surface area contributed by atoms with Gasteiger partial charge in [0.05, 0.1) is 11.0 Å². The highest BCUT2D eigenvalue weighted by Crippen LogP contribution is 2.17. The summed E-state index contributed by atoms with van der Waals surface area (Å²) in [7, 11) is 0. The third kappa shape index (κ3) is 4.52. The molecule has 2 rings (SSSR count). The predicted molar refractivity (Wildman–Crippen MR) is 94.6 cm³/mol. The molecule has 0 radical (unpaired) electrons. The van der Waals surface area contributed by atoms with Crippen LogP contribution in [0, 0.1) is 24.0 Å². The summed E-state index contributed by atoms with van der Waals surface area (Å²) in [6.45, 7) is 6.03. The van der Waals surface area contributed by atoms with Crippen LogP contribution in [0.4, 0.5) is 5.69 Å². The van der Waals surface area contributed by atoms with Gasteiger partial charge in [-0.15, -0.1) is 0 Å². The summed E-state index contributed by atoms with van der Waals surface area (Å²) in [5.41, 5.74) is 4.22. The second-order valence-corrected chi connectivity index (χ2v) is 5.76. The maximum absolute atomic E-state index is 12.0. The molecule has 0 aliphatic heterocycles. The number of nitro groups is 1. The minimum Gasteiger partial charge on any atom is -0.346 e. The van der Waals surface area contributed by atoms with E-state index in [0.29, 0.717) is 0 Å². The van der Waals surface area contributed by atoms with Gasteiger partial charge >= 0.3 is 0 Å². The van der Waals surface area contributed by atoms with E-state index in [2.05, 4.69) is 18.3 Å². The maximum atomic E-state index is 12.0. The molecule has 124 valence electrons. The zero-order valence-electron chi connectivity index (χ0n) is 13.9. The molecule has 2 aromatic carbocycles. The van der Waals surface area contributed by atoms with Gasteiger partial charge in [0.1, 0.15) is 0 Å². The van der Waals surface area contributed by atoms with Crippen LogP contribution >= 0.6 is 0 Å². The zero-order valence-corrected chi connectivity index (χ0v) is 13.9. The van der Waals surface area contributed by atoms with E-state index in [9.17, 15) is 14.9 Å². The third-order valence-corrected chi connectivity index (χ3v) is 3.92. The summed E-state index contributed by atoms with van der Waals surface area (Å²) in [6.07, 6.45) is 3.06. The lowest BCUT2D eigenvalue weighted by atomic mass is 10.0. The first kappa shape index (κ1) is 17.4. The molecule has 0 unspecified atom stereocenters. The van der Waals surface area contributed by atoms with Gasteiger partial charge in [0.25, 0.3) is 5.69 Å². The Hall–Kier alpha value is -2.95. The minimum atomic E-state index is -0.453. The topological polar surface area (TPSA) is 72.2 Å². The molecule has 1 atom stereocenters. The fourth-order valence-electron chi connectivity index (χ4n) is 2.26. The Bertz CT molecular complexity index is 780. The number of non-ortho nitro benzene ring substituents is 1. The number of hydrogen-bond donors (Lipinski definition) is 1. The maximum Gasteiger partial charge on any atom is 0.269 e. The van der Waals surface area contributed by atoms with Gasteiger partial charge in [-0.3, -0.25) is 14.9 Å². The van der Waals surface area contributed by atoms with E-state index >= 15 is 0 Å². The van der Waals surface area contributed by atoms with E-state index in [1.54, 1.807) is 18.2 Å². The number of nitro benzene ring substituents is 1. The molecule has 5 nitrogen and oxygen atoms in total. The lowest BCUT2D eigenvalue weighted by Crippen LogP contribution is -2.24. The van der Waals surface area contributed by atoms with Crippen molar-refractivity contribution < 1.29 is 9.72 Å². The lowest BCUT2D eigenvalue weighted by Gasteiger charge is -2.14. The first-order valence-electron chi connectivity index (χ1n) is 7.67. The summed E-state index contributed by atoms with van der Waals surface area (Å²) in [5, 5.41) is 13.5. The molecule has 1 amide bonds. The summed E-state index contributed by atoms with van der Waals surface area (Å²) in [4.78, 5) is 22.2. The van der Waals surface area contributed by atoms with Crippen LogP contribution in [0.15, 0.2) is 48.5 Å². The van der Waals surface area contributed by atoms with Crippen LogP contribution in [-0.2, 0) is 4.79 Å². The Morgan fingerprint density at radius 2 is 1.79 bits per heavy atom. The molecule has 0 bridgehead atoms. The number of aryl methyl sites for hydroxylation is 2. The highest BCUT2D eigenvalue weighted by atomic mass is 16.6. The van der Waals surface area contributed by atoms with Crippen molar-refractivity contribution in [1.29, 1.82) is 0 Å². The first-order valence-corrected chi connectivity index (χ1v) is 7.67. The summed E-state index contributed by atoms with van der Waals surface area (Å²) >= 11 is 0. The van der Waals surface area contributed by atoms with Crippen molar-refractivity contribution in [1.82, 2.24) is 5.32 Å². The average molecular weight is 324 g/mol. The van der Waals surface area contributed by atoms with Crippen LogP contribution in [0.3, 0.4) is 0 Å². The molecule has 2 aromatic rings. The largest absolute Gasteiger partial charge is 0.346 e. The van der Waals surface area contributed by atoms with Gasteiger partial charge < -0.3 is 5.32 Å². The Labute approximate surface area is 141 Å². The third-order valence-electron chi connectivity index (χ3n) is 3.92.